The van der Waals surface area contributed by atoms with Crippen molar-refractivity contribution in [1.29, 1.82) is 0 Å². The Bertz CT molecular complexity index is 741. The predicted octanol–water partition coefficient (Wildman–Crippen LogP) is 3.07. The largest absolute Gasteiger partial charge is 0.483 e. The highest BCUT2D eigenvalue weighted by Gasteiger charge is 2.08. The summed E-state index contributed by atoms with van der Waals surface area (Å²) in [6.45, 7) is 6.23. The van der Waals surface area contributed by atoms with Crippen LogP contribution in [0.1, 0.15) is 28.4 Å². The molecule has 0 spiro atoms. The Morgan fingerprint density at radius 2 is 1.88 bits per heavy atom. The maximum atomic E-state index is 12.1. The van der Waals surface area contributed by atoms with E-state index in [0.29, 0.717) is 23.5 Å². The van der Waals surface area contributed by atoms with Crippen LogP contribution in [0.25, 0.3) is 0 Å². The average molecular weight is 326 g/mol. The average Bonchev–Trinajstić information content (AvgIpc) is 2.56. The third kappa shape index (κ3) is 4.84. The van der Waals surface area contributed by atoms with Crippen LogP contribution in [0.3, 0.4) is 0 Å². The third-order valence-corrected chi connectivity index (χ3v) is 3.45. The van der Waals surface area contributed by atoms with Crippen molar-refractivity contribution in [2.45, 2.75) is 20.8 Å². The number of aryl methyl sites for hydroxylation is 2. The zero-order valence-corrected chi connectivity index (χ0v) is 14.2. The first-order valence-corrected chi connectivity index (χ1v) is 7.87. The standard InChI is InChI=1S/C19H22N2O3/c1-4-20-19(23)15-6-5-7-16(11-15)21-18(22)12-24-17-10-13(2)8-9-14(17)3/h5-11H,4,12H2,1-3H3,(H,20,23)(H,21,22). The molecular weight excluding hydrogens is 304 g/mol. The van der Waals surface area contributed by atoms with Crippen LogP contribution in [0, 0.1) is 13.8 Å². The zero-order chi connectivity index (χ0) is 17.5. The highest BCUT2D eigenvalue weighted by molar-refractivity contribution is 5.97. The van der Waals surface area contributed by atoms with Crippen molar-refractivity contribution < 1.29 is 14.3 Å². The fourth-order valence-electron chi connectivity index (χ4n) is 2.20. The summed E-state index contributed by atoms with van der Waals surface area (Å²) in [5.41, 5.74) is 3.12. The van der Waals surface area contributed by atoms with Gasteiger partial charge in [-0.05, 0) is 56.2 Å². The number of carbonyl (C=O) groups excluding carboxylic acids is 2. The number of ether oxygens (including phenoxy) is 1. The normalized spacial score (nSPS) is 10.1. The molecule has 0 saturated heterocycles. The van der Waals surface area contributed by atoms with E-state index in [4.69, 9.17) is 4.74 Å². The van der Waals surface area contributed by atoms with E-state index in [1.807, 2.05) is 39.0 Å². The molecule has 0 unspecified atom stereocenters. The molecule has 0 radical (unpaired) electrons. The van der Waals surface area contributed by atoms with Crippen LogP contribution in [0.4, 0.5) is 5.69 Å². The molecule has 2 aromatic rings. The minimum atomic E-state index is -0.274. The smallest absolute Gasteiger partial charge is 0.262 e. The van der Waals surface area contributed by atoms with E-state index in [1.54, 1.807) is 24.3 Å². The van der Waals surface area contributed by atoms with Gasteiger partial charge in [0.05, 0.1) is 0 Å². The summed E-state index contributed by atoms with van der Waals surface area (Å²) in [4.78, 5) is 23.9. The number of nitrogens with one attached hydrogen (secondary N) is 2. The van der Waals surface area contributed by atoms with Crippen molar-refractivity contribution in [3.63, 3.8) is 0 Å². The molecule has 5 nitrogen and oxygen atoms in total. The summed E-state index contributed by atoms with van der Waals surface area (Å²) in [7, 11) is 0. The molecule has 126 valence electrons. The maximum absolute atomic E-state index is 12.1. The van der Waals surface area contributed by atoms with Crippen molar-refractivity contribution in [3.05, 3.63) is 59.2 Å². The second-order valence-corrected chi connectivity index (χ2v) is 5.55. The molecule has 0 atom stereocenters. The second-order valence-electron chi connectivity index (χ2n) is 5.55. The van der Waals surface area contributed by atoms with Gasteiger partial charge in [0.15, 0.2) is 6.61 Å². The van der Waals surface area contributed by atoms with Crippen LogP contribution in [-0.4, -0.2) is 25.0 Å². The third-order valence-electron chi connectivity index (χ3n) is 3.45. The molecule has 0 saturated carbocycles. The number of benzene rings is 2. The Hall–Kier alpha value is -2.82. The SMILES string of the molecule is CCNC(=O)c1cccc(NC(=O)COc2cc(C)ccc2C)c1. The first-order chi connectivity index (χ1) is 11.5. The number of hydrogen-bond donors (Lipinski definition) is 2. The van der Waals surface area contributed by atoms with Crippen molar-refractivity contribution >= 4 is 17.5 Å². The van der Waals surface area contributed by atoms with Crippen molar-refractivity contribution in [1.82, 2.24) is 5.32 Å². The van der Waals surface area contributed by atoms with Crippen molar-refractivity contribution in [3.8, 4) is 5.75 Å². The Morgan fingerprint density at radius 3 is 2.62 bits per heavy atom. The van der Waals surface area contributed by atoms with Crippen LogP contribution in [0.5, 0.6) is 5.75 Å². The lowest BCUT2D eigenvalue weighted by Crippen LogP contribution is -2.23. The molecule has 2 amide bonds. The van der Waals surface area contributed by atoms with Crippen LogP contribution < -0.4 is 15.4 Å². The molecule has 2 N–H and O–H groups in total. The lowest BCUT2D eigenvalue weighted by Gasteiger charge is -2.11. The fourth-order valence-corrected chi connectivity index (χ4v) is 2.20. The molecule has 2 aromatic carbocycles. The first-order valence-electron chi connectivity index (χ1n) is 7.87. The van der Waals surface area contributed by atoms with Crippen LogP contribution >= 0.6 is 0 Å². The summed E-state index contributed by atoms with van der Waals surface area (Å²) >= 11 is 0. The molecule has 0 heterocycles. The number of rotatable bonds is 6. The van der Waals surface area contributed by atoms with Crippen LogP contribution in [0.15, 0.2) is 42.5 Å². The Morgan fingerprint density at radius 1 is 1.08 bits per heavy atom. The molecule has 2 rings (SSSR count). The van der Waals surface area contributed by atoms with Crippen molar-refractivity contribution in [2.24, 2.45) is 0 Å². The monoisotopic (exact) mass is 326 g/mol. The van der Waals surface area contributed by atoms with Gasteiger partial charge in [-0.1, -0.05) is 18.2 Å². The molecule has 0 bridgehead atoms. The van der Waals surface area contributed by atoms with Gasteiger partial charge in [0.1, 0.15) is 5.75 Å². The molecule has 0 fully saturated rings. The molecule has 0 aliphatic rings. The van der Waals surface area contributed by atoms with Crippen LogP contribution in [-0.2, 0) is 4.79 Å². The van der Waals surface area contributed by atoms with Crippen LogP contribution in [0.2, 0.25) is 0 Å². The number of hydrogen-bond acceptors (Lipinski definition) is 3. The van der Waals surface area contributed by atoms with Gasteiger partial charge in [0, 0.05) is 17.8 Å². The maximum Gasteiger partial charge on any atom is 0.262 e. The molecule has 0 aromatic heterocycles. The molecule has 0 aliphatic heterocycles. The molecular formula is C19H22N2O3. The quantitative estimate of drug-likeness (QED) is 0.857. The predicted molar refractivity (Wildman–Crippen MR) is 94.5 cm³/mol. The van der Waals surface area contributed by atoms with Gasteiger partial charge in [0.2, 0.25) is 0 Å². The number of carbonyl (C=O) groups is 2. The Kier molecular flexibility index (Phi) is 5.95. The van der Waals surface area contributed by atoms with Gasteiger partial charge >= 0.3 is 0 Å². The molecule has 5 heteroatoms. The summed E-state index contributed by atoms with van der Waals surface area (Å²) in [6, 6.07) is 12.7. The first kappa shape index (κ1) is 17.5. The number of amides is 2. The summed E-state index contributed by atoms with van der Waals surface area (Å²) in [5, 5.41) is 5.46. The second kappa shape index (κ2) is 8.15. The summed E-state index contributed by atoms with van der Waals surface area (Å²) in [5.74, 6) is 0.255. The highest BCUT2D eigenvalue weighted by atomic mass is 16.5. The fraction of sp³-hybridized carbons (Fsp3) is 0.263. The van der Waals surface area contributed by atoms with E-state index < -0.39 is 0 Å². The van der Waals surface area contributed by atoms with Gasteiger partial charge in [0.25, 0.3) is 11.8 Å². The van der Waals surface area contributed by atoms with E-state index in [0.717, 1.165) is 11.1 Å². The highest BCUT2D eigenvalue weighted by Crippen LogP contribution is 2.19. The van der Waals surface area contributed by atoms with Gasteiger partial charge in [-0.15, -0.1) is 0 Å². The topological polar surface area (TPSA) is 67.4 Å². The lowest BCUT2D eigenvalue weighted by atomic mass is 10.1. The Balaban J connectivity index is 1.96. The van der Waals surface area contributed by atoms with Gasteiger partial charge in [-0.25, -0.2) is 0 Å². The van der Waals surface area contributed by atoms with Gasteiger partial charge in [-0.3, -0.25) is 9.59 Å². The van der Waals surface area contributed by atoms with E-state index in [9.17, 15) is 9.59 Å². The molecule has 24 heavy (non-hydrogen) atoms. The molecule has 0 aliphatic carbocycles. The van der Waals surface area contributed by atoms with E-state index in [1.165, 1.54) is 0 Å². The Labute approximate surface area is 142 Å². The van der Waals surface area contributed by atoms with Gasteiger partial charge < -0.3 is 15.4 Å². The summed E-state index contributed by atoms with van der Waals surface area (Å²) in [6.07, 6.45) is 0. The lowest BCUT2D eigenvalue weighted by molar-refractivity contribution is -0.118. The van der Waals surface area contributed by atoms with E-state index in [2.05, 4.69) is 10.6 Å². The minimum absolute atomic E-state index is 0.0876. The van der Waals surface area contributed by atoms with E-state index in [-0.39, 0.29) is 18.4 Å². The minimum Gasteiger partial charge on any atom is -0.483 e. The van der Waals surface area contributed by atoms with Crippen molar-refractivity contribution in [2.75, 3.05) is 18.5 Å². The van der Waals surface area contributed by atoms with Gasteiger partial charge in [-0.2, -0.15) is 0 Å². The number of anilines is 1. The zero-order valence-electron chi connectivity index (χ0n) is 14.2. The van der Waals surface area contributed by atoms with E-state index >= 15 is 0 Å². The summed E-state index contributed by atoms with van der Waals surface area (Å²) < 4.78 is 5.58.